The fourth-order valence-electron chi connectivity index (χ4n) is 0.838. The fourth-order valence-corrected chi connectivity index (χ4v) is 1.45. The molecule has 0 aliphatic carbocycles. The number of hydrogen-bond donors (Lipinski definition) is 1. The van der Waals surface area contributed by atoms with E-state index in [2.05, 4.69) is 0 Å². The van der Waals surface area contributed by atoms with Crippen LogP contribution in [0.5, 0.6) is 5.75 Å². The Balaban J connectivity index is 3.21. The van der Waals surface area contributed by atoms with Crippen LogP contribution in [0.15, 0.2) is 12.1 Å². The number of nitriles is 1. The molecule has 1 aromatic rings. The zero-order valence-corrected chi connectivity index (χ0v) is 7.52. The van der Waals surface area contributed by atoms with Gasteiger partial charge in [-0.25, -0.2) is 0 Å². The quantitative estimate of drug-likeness (QED) is 0.760. The molecular weight excluding hydrogens is 197 g/mol. The van der Waals surface area contributed by atoms with E-state index >= 15 is 0 Å². The Morgan fingerprint density at radius 1 is 1.33 bits per heavy atom. The summed E-state index contributed by atoms with van der Waals surface area (Å²) in [5, 5.41) is 18.1. The van der Waals surface area contributed by atoms with E-state index in [1.807, 2.05) is 6.07 Å². The number of nitrogens with zero attached hydrogens (tertiary/aromatic N) is 1. The number of halogens is 2. The van der Waals surface area contributed by atoms with Gasteiger partial charge in [0.25, 0.3) is 0 Å². The van der Waals surface area contributed by atoms with Gasteiger partial charge in [0.1, 0.15) is 5.75 Å². The zero-order valence-electron chi connectivity index (χ0n) is 6.01. The monoisotopic (exact) mass is 201 g/mol. The Morgan fingerprint density at radius 2 is 1.83 bits per heavy atom. The molecule has 0 atom stereocenters. The van der Waals surface area contributed by atoms with E-state index in [-0.39, 0.29) is 12.2 Å². The summed E-state index contributed by atoms with van der Waals surface area (Å²) in [6, 6.07) is 4.66. The van der Waals surface area contributed by atoms with Crippen molar-refractivity contribution in [3.8, 4) is 11.8 Å². The standard InChI is InChI=1S/C8H5Cl2NO/c9-7-3-5(12)4-8(10)6(7)1-2-11/h3-4,12H,1H2. The first kappa shape index (κ1) is 9.18. The molecule has 4 heteroatoms. The van der Waals surface area contributed by atoms with Gasteiger partial charge in [0.2, 0.25) is 0 Å². The van der Waals surface area contributed by atoms with Crippen molar-refractivity contribution in [1.82, 2.24) is 0 Å². The Bertz CT molecular complexity index is 320. The second-order valence-corrected chi connectivity index (χ2v) is 3.04. The van der Waals surface area contributed by atoms with E-state index in [9.17, 15) is 0 Å². The average Bonchev–Trinajstić information content (AvgIpc) is 1.96. The molecule has 0 saturated heterocycles. The van der Waals surface area contributed by atoms with Crippen LogP contribution in [0.2, 0.25) is 10.0 Å². The lowest BCUT2D eigenvalue weighted by molar-refractivity contribution is 0.475. The van der Waals surface area contributed by atoms with Crippen LogP contribution >= 0.6 is 23.2 Å². The highest BCUT2D eigenvalue weighted by molar-refractivity contribution is 6.36. The van der Waals surface area contributed by atoms with Crippen LogP contribution in [0.1, 0.15) is 5.56 Å². The predicted octanol–water partition coefficient (Wildman–Crippen LogP) is 2.77. The van der Waals surface area contributed by atoms with E-state index in [1.165, 1.54) is 12.1 Å². The maximum absolute atomic E-state index is 9.03. The summed E-state index contributed by atoms with van der Waals surface area (Å²) in [5.41, 5.74) is 0.554. The Labute approximate surface area is 80.0 Å². The SMILES string of the molecule is N#CCc1c(Cl)cc(O)cc1Cl. The summed E-state index contributed by atoms with van der Waals surface area (Å²) in [4.78, 5) is 0. The minimum Gasteiger partial charge on any atom is -0.508 e. The summed E-state index contributed by atoms with van der Waals surface area (Å²) in [6.45, 7) is 0. The van der Waals surface area contributed by atoms with Gasteiger partial charge >= 0.3 is 0 Å². The van der Waals surface area contributed by atoms with E-state index in [0.29, 0.717) is 15.6 Å². The summed E-state index contributed by atoms with van der Waals surface area (Å²) >= 11 is 11.4. The number of phenolic OH excluding ortho intramolecular Hbond substituents is 1. The van der Waals surface area contributed by atoms with Gasteiger partial charge in [-0.15, -0.1) is 0 Å². The highest BCUT2D eigenvalue weighted by Crippen LogP contribution is 2.29. The zero-order chi connectivity index (χ0) is 9.14. The van der Waals surface area contributed by atoms with Gasteiger partial charge < -0.3 is 5.11 Å². The number of phenols is 1. The minimum atomic E-state index is 0.00619. The highest BCUT2D eigenvalue weighted by atomic mass is 35.5. The predicted molar refractivity (Wildman–Crippen MR) is 47.4 cm³/mol. The van der Waals surface area contributed by atoms with Crippen molar-refractivity contribution in [2.45, 2.75) is 6.42 Å². The Hall–Kier alpha value is -0.910. The molecule has 0 spiro atoms. The van der Waals surface area contributed by atoms with Crippen molar-refractivity contribution in [2.24, 2.45) is 0 Å². The second-order valence-electron chi connectivity index (χ2n) is 2.22. The second kappa shape index (κ2) is 3.66. The molecule has 1 aromatic carbocycles. The third-order valence-corrected chi connectivity index (χ3v) is 2.06. The Kier molecular flexibility index (Phi) is 2.80. The number of rotatable bonds is 1. The number of aromatic hydroxyl groups is 1. The normalized spacial score (nSPS) is 9.42. The lowest BCUT2D eigenvalue weighted by Gasteiger charge is -2.02. The van der Waals surface area contributed by atoms with E-state index in [4.69, 9.17) is 33.6 Å². The molecule has 2 nitrogen and oxygen atoms in total. The van der Waals surface area contributed by atoms with Crippen molar-refractivity contribution in [2.75, 3.05) is 0 Å². The first-order valence-corrected chi connectivity index (χ1v) is 3.94. The molecule has 0 unspecified atom stereocenters. The van der Waals surface area contributed by atoms with Gasteiger partial charge in [0.05, 0.1) is 12.5 Å². The van der Waals surface area contributed by atoms with E-state index in [1.54, 1.807) is 0 Å². The molecule has 0 saturated carbocycles. The summed E-state index contributed by atoms with van der Waals surface area (Å²) < 4.78 is 0. The van der Waals surface area contributed by atoms with Crippen LogP contribution < -0.4 is 0 Å². The maximum Gasteiger partial charge on any atom is 0.118 e. The molecule has 12 heavy (non-hydrogen) atoms. The maximum atomic E-state index is 9.03. The van der Waals surface area contributed by atoms with Crippen molar-refractivity contribution < 1.29 is 5.11 Å². The van der Waals surface area contributed by atoms with Crippen LogP contribution in [-0.4, -0.2) is 5.11 Å². The number of hydrogen-bond acceptors (Lipinski definition) is 2. The lowest BCUT2D eigenvalue weighted by Crippen LogP contribution is -1.85. The van der Waals surface area contributed by atoms with Gasteiger partial charge in [-0.3, -0.25) is 0 Å². The molecule has 0 fully saturated rings. The summed E-state index contributed by atoms with van der Waals surface area (Å²) in [7, 11) is 0. The van der Waals surface area contributed by atoms with Crippen LogP contribution in [0, 0.1) is 11.3 Å². The number of benzene rings is 1. The molecule has 1 rings (SSSR count). The average molecular weight is 202 g/mol. The minimum absolute atomic E-state index is 0.00619. The van der Waals surface area contributed by atoms with Gasteiger partial charge in [-0.05, 0) is 12.1 Å². The molecule has 0 aromatic heterocycles. The van der Waals surface area contributed by atoms with Gasteiger partial charge in [0.15, 0.2) is 0 Å². The van der Waals surface area contributed by atoms with Crippen LogP contribution in [0.4, 0.5) is 0 Å². The van der Waals surface area contributed by atoms with Crippen molar-refractivity contribution in [3.05, 3.63) is 27.7 Å². The molecule has 1 N–H and O–H groups in total. The van der Waals surface area contributed by atoms with Gasteiger partial charge in [-0.1, -0.05) is 23.2 Å². The lowest BCUT2D eigenvalue weighted by atomic mass is 10.1. The largest absolute Gasteiger partial charge is 0.508 e. The topological polar surface area (TPSA) is 44.0 Å². The van der Waals surface area contributed by atoms with Gasteiger partial charge in [-0.2, -0.15) is 5.26 Å². The fraction of sp³-hybridized carbons (Fsp3) is 0.125. The molecule has 0 aliphatic heterocycles. The molecule has 0 radical (unpaired) electrons. The van der Waals surface area contributed by atoms with Crippen molar-refractivity contribution in [1.29, 1.82) is 5.26 Å². The van der Waals surface area contributed by atoms with E-state index in [0.717, 1.165) is 0 Å². The molecule has 62 valence electrons. The summed E-state index contributed by atoms with van der Waals surface area (Å²) in [5.74, 6) is 0.00619. The third-order valence-electron chi connectivity index (χ3n) is 1.38. The molecular formula is C8H5Cl2NO. The Morgan fingerprint density at radius 3 is 2.25 bits per heavy atom. The first-order chi connectivity index (χ1) is 5.65. The van der Waals surface area contributed by atoms with E-state index < -0.39 is 0 Å². The third kappa shape index (κ3) is 1.82. The molecule has 0 bridgehead atoms. The highest BCUT2D eigenvalue weighted by Gasteiger charge is 2.06. The van der Waals surface area contributed by atoms with Crippen molar-refractivity contribution in [3.63, 3.8) is 0 Å². The van der Waals surface area contributed by atoms with Crippen LogP contribution in [0.25, 0.3) is 0 Å². The summed E-state index contributed by atoms with van der Waals surface area (Å²) in [6.07, 6.45) is 0.151. The molecule has 0 heterocycles. The molecule has 0 amide bonds. The molecule has 0 aliphatic rings. The smallest absolute Gasteiger partial charge is 0.118 e. The van der Waals surface area contributed by atoms with Crippen molar-refractivity contribution >= 4 is 23.2 Å². The van der Waals surface area contributed by atoms with Crippen LogP contribution in [0.3, 0.4) is 0 Å². The first-order valence-electron chi connectivity index (χ1n) is 3.19. The van der Waals surface area contributed by atoms with Gasteiger partial charge in [0, 0.05) is 15.6 Å². The van der Waals surface area contributed by atoms with Crippen LogP contribution in [-0.2, 0) is 6.42 Å².